The van der Waals surface area contributed by atoms with E-state index in [-0.39, 0.29) is 0 Å². The summed E-state index contributed by atoms with van der Waals surface area (Å²) in [6, 6.07) is 0.599. The molecule has 1 aliphatic rings. The molecule has 0 spiro atoms. The number of rotatable bonds is 2. The molecule has 0 aromatic heterocycles. The first-order valence-electron chi connectivity index (χ1n) is 4.54. The van der Waals surface area contributed by atoms with E-state index in [2.05, 4.69) is 23.7 Å². The van der Waals surface area contributed by atoms with Crippen molar-refractivity contribution in [3.8, 4) is 11.8 Å². The van der Waals surface area contributed by atoms with Crippen molar-refractivity contribution in [2.24, 2.45) is 0 Å². The molecule has 1 atom stereocenters. The molecule has 1 heterocycles. The SMILES string of the molecule is CCN1CCCC1CC#CC=O. The zero-order chi connectivity index (χ0) is 8.81. The minimum atomic E-state index is 0.599. The van der Waals surface area contributed by atoms with Crippen molar-refractivity contribution in [3.05, 3.63) is 0 Å². The predicted octanol–water partition coefficient (Wildman–Crippen LogP) is 1.06. The lowest BCUT2D eigenvalue weighted by atomic mass is 10.1. The Hall–Kier alpha value is -0.810. The minimum Gasteiger partial charge on any atom is -0.300 e. The van der Waals surface area contributed by atoms with Gasteiger partial charge in [0.15, 0.2) is 6.29 Å². The second-order valence-corrected chi connectivity index (χ2v) is 3.07. The molecule has 0 amide bonds. The van der Waals surface area contributed by atoms with E-state index >= 15 is 0 Å². The number of hydrogen-bond donors (Lipinski definition) is 0. The molecule has 0 saturated carbocycles. The zero-order valence-electron chi connectivity index (χ0n) is 7.55. The quantitative estimate of drug-likeness (QED) is 0.450. The highest BCUT2D eigenvalue weighted by Gasteiger charge is 2.21. The molecule has 0 radical (unpaired) electrons. The lowest BCUT2D eigenvalue weighted by Gasteiger charge is -2.20. The Balaban J connectivity index is 2.35. The van der Waals surface area contributed by atoms with Crippen LogP contribution >= 0.6 is 0 Å². The highest BCUT2D eigenvalue weighted by Crippen LogP contribution is 2.18. The molecule has 66 valence electrons. The molecule has 2 heteroatoms. The summed E-state index contributed by atoms with van der Waals surface area (Å²) in [4.78, 5) is 12.4. The van der Waals surface area contributed by atoms with Crippen LogP contribution in [-0.4, -0.2) is 30.3 Å². The van der Waals surface area contributed by atoms with Crippen molar-refractivity contribution >= 4 is 6.29 Å². The standard InChI is InChI=1S/C10H15NO/c1-2-11-8-5-7-10(11)6-3-4-9-12/h9-10H,2,5-8H2,1H3. The molecule has 0 aliphatic carbocycles. The summed E-state index contributed by atoms with van der Waals surface area (Å²) in [7, 11) is 0. The summed E-state index contributed by atoms with van der Waals surface area (Å²) in [6.07, 6.45) is 4.04. The summed E-state index contributed by atoms with van der Waals surface area (Å²) in [5.41, 5.74) is 0. The van der Waals surface area contributed by atoms with E-state index in [0.717, 1.165) is 13.0 Å². The number of aldehydes is 1. The lowest BCUT2D eigenvalue weighted by molar-refractivity contribution is -0.103. The number of nitrogens with zero attached hydrogens (tertiary/aromatic N) is 1. The third-order valence-corrected chi connectivity index (χ3v) is 2.40. The van der Waals surface area contributed by atoms with Gasteiger partial charge in [-0.05, 0) is 31.9 Å². The van der Waals surface area contributed by atoms with Crippen LogP contribution in [0.15, 0.2) is 0 Å². The third kappa shape index (κ3) is 2.35. The van der Waals surface area contributed by atoms with Crippen LogP contribution in [0.5, 0.6) is 0 Å². The average molecular weight is 165 g/mol. The van der Waals surface area contributed by atoms with E-state index in [4.69, 9.17) is 0 Å². The molecule has 1 aliphatic heterocycles. The van der Waals surface area contributed by atoms with Crippen molar-refractivity contribution < 1.29 is 4.79 Å². The van der Waals surface area contributed by atoms with Crippen LogP contribution in [-0.2, 0) is 4.79 Å². The van der Waals surface area contributed by atoms with Crippen LogP contribution in [0.3, 0.4) is 0 Å². The lowest BCUT2D eigenvalue weighted by Crippen LogP contribution is -2.28. The number of hydrogen-bond acceptors (Lipinski definition) is 2. The van der Waals surface area contributed by atoms with E-state index in [1.807, 2.05) is 0 Å². The van der Waals surface area contributed by atoms with Gasteiger partial charge in [-0.15, -0.1) is 0 Å². The maximum absolute atomic E-state index is 9.94. The molecule has 0 bridgehead atoms. The summed E-state index contributed by atoms with van der Waals surface area (Å²) in [6.45, 7) is 4.48. The van der Waals surface area contributed by atoms with Crippen LogP contribution in [0.4, 0.5) is 0 Å². The van der Waals surface area contributed by atoms with Crippen molar-refractivity contribution in [1.29, 1.82) is 0 Å². The first-order valence-corrected chi connectivity index (χ1v) is 4.54. The van der Waals surface area contributed by atoms with Gasteiger partial charge < -0.3 is 0 Å². The van der Waals surface area contributed by atoms with Crippen LogP contribution in [0, 0.1) is 11.8 Å². The second kappa shape index (κ2) is 4.95. The fraction of sp³-hybridized carbons (Fsp3) is 0.700. The van der Waals surface area contributed by atoms with E-state index < -0.39 is 0 Å². The maximum atomic E-state index is 9.94. The Morgan fingerprint density at radius 3 is 3.17 bits per heavy atom. The predicted molar refractivity (Wildman–Crippen MR) is 48.7 cm³/mol. The van der Waals surface area contributed by atoms with Crippen molar-refractivity contribution in [2.75, 3.05) is 13.1 Å². The van der Waals surface area contributed by atoms with Crippen molar-refractivity contribution in [3.63, 3.8) is 0 Å². The van der Waals surface area contributed by atoms with Gasteiger partial charge >= 0.3 is 0 Å². The average Bonchev–Trinajstić information content (AvgIpc) is 2.52. The normalized spacial score (nSPS) is 23.2. The molecular formula is C10H15NO. The summed E-state index contributed by atoms with van der Waals surface area (Å²) in [5.74, 6) is 5.34. The smallest absolute Gasteiger partial charge is 0.192 e. The molecular weight excluding hydrogens is 150 g/mol. The van der Waals surface area contributed by atoms with Crippen LogP contribution < -0.4 is 0 Å². The first kappa shape index (κ1) is 9.28. The molecule has 0 aromatic carbocycles. The molecule has 1 saturated heterocycles. The monoisotopic (exact) mass is 165 g/mol. The molecule has 0 N–H and O–H groups in total. The summed E-state index contributed by atoms with van der Waals surface area (Å²) < 4.78 is 0. The van der Waals surface area contributed by atoms with Gasteiger partial charge in [-0.25, -0.2) is 0 Å². The van der Waals surface area contributed by atoms with Gasteiger partial charge in [0.25, 0.3) is 0 Å². The molecule has 0 aromatic rings. The van der Waals surface area contributed by atoms with Gasteiger partial charge in [-0.1, -0.05) is 12.8 Å². The van der Waals surface area contributed by atoms with Crippen LogP contribution in [0.1, 0.15) is 26.2 Å². The van der Waals surface area contributed by atoms with Crippen LogP contribution in [0.25, 0.3) is 0 Å². The zero-order valence-corrected chi connectivity index (χ0v) is 7.55. The Labute approximate surface area is 73.9 Å². The van der Waals surface area contributed by atoms with Gasteiger partial charge in [-0.2, -0.15) is 0 Å². The largest absolute Gasteiger partial charge is 0.300 e. The highest BCUT2D eigenvalue weighted by molar-refractivity contribution is 5.72. The van der Waals surface area contributed by atoms with Gasteiger partial charge in [-0.3, -0.25) is 9.69 Å². The number of carbonyl (C=O) groups is 1. The van der Waals surface area contributed by atoms with Gasteiger partial charge in [0.1, 0.15) is 0 Å². The van der Waals surface area contributed by atoms with Crippen molar-refractivity contribution in [2.45, 2.75) is 32.2 Å². The molecule has 2 nitrogen and oxygen atoms in total. The van der Waals surface area contributed by atoms with Gasteiger partial charge in [0.05, 0.1) is 0 Å². The topological polar surface area (TPSA) is 20.3 Å². The van der Waals surface area contributed by atoms with E-state index in [1.165, 1.54) is 19.4 Å². The number of carbonyl (C=O) groups excluding carboxylic acids is 1. The van der Waals surface area contributed by atoms with Gasteiger partial charge in [0.2, 0.25) is 0 Å². The van der Waals surface area contributed by atoms with E-state index in [0.29, 0.717) is 12.3 Å². The first-order chi connectivity index (χ1) is 5.88. The number of likely N-dealkylation sites (tertiary alicyclic amines) is 1. The molecule has 1 unspecified atom stereocenters. The molecule has 1 rings (SSSR count). The highest BCUT2D eigenvalue weighted by atomic mass is 16.1. The fourth-order valence-corrected chi connectivity index (χ4v) is 1.76. The Morgan fingerprint density at radius 1 is 1.67 bits per heavy atom. The fourth-order valence-electron chi connectivity index (χ4n) is 1.76. The maximum Gasteiger partial charge on any atom is 0.192 e. The van der Waals surface area contributed by atoms with E-state index in [1.54, 1.807) is 0 Å². The Morgan fingerprint density at radius 2 is 2.50 bits per heavy atom. The minimum absolute atomic E-state index is 0.599. The Bertz CT molecular complexity index is 202. The molecule has 1 fully saturated rings. The van der Waals surface area contributed by atoms with Crippen molar-refractivity contribution in [1.82, 2.24) is 4.90 Å². The van der Waals surface area contributed by atoms with E-state index in [9.17, 15) is 4.79 Å². The van der Waals surface area contributed by atoms with Crippen LogP contribution in [0.2, 0.25) is 0 Å². The van der Waals surface area contributed by atoms with Gasteiger partial charge in [0, 0.05) is 12.5 Å². The Kier molecular flexibility index (Phi) is 3.83. The third-order valence-electron chi connectivity index (χ3n) is 2.40. The summed E-state index contributed by atoms with van der Waals surface area (Å²) in [5, 5.41) is 0. The summed E-state index contributed by atoms with van der Waals surface area (Å²) >= 11 is 0. The molecule has 12 heavy (non-hydrogen) atoms. The second-order valence-electron chi connectivity index (χ2n) is 3.07.